The van der Waals surface area contributed by atoms with Crippen molar-refractivity contribution in [1.29, 1.82) is 0 Å². The molecule has 2 aliphatic heterocycles. The highest BCUT2D eigenvalue weighted by atomic mass is 15.1. The van der Waals surface area contributed by atoms with Crippen molar-refractivity contribution >= 4 is 0 Å². The molecule has 0 aromatic carbocycles. The molecule has 0 aromatic heterocycles. The molecule has 2 saturated heterocycles. The molecule has 74 valence electrons. The van der Waals surface area contributed by atoms with Crippen LogP contribution in [0.4, 0.5) is 0 Å². The zero-order valence-corrected chi connectivity index (χ0v) is 8.26. The Morgan fingerprint density at radius 3 is 1.85 bits per heavy atom. The number of fused-ring (bicyclic) bond motifs is 3. The van der Waals surface area contributed by atoms with E-state index >= 15 is 0 Å². The highest BCUT2D eigenvalue weighted by Gasteiger charge is 2.44. The SMILES string of the molecule is C1CNC2C(C1)CC1CCCNC12. The molecule has 3 rings (SSSR count). The van der Waals surface area contributed by atoms with Crippen molar-refractivity contribution in [2.45, 2.75) is 44.2 Å². The molecule has 4 unspecified atom stereocenters. The van der Waals surface area contributed by atoms with Gasteiger partial charge in [0, 0.05) is 12.1 Å². The lowest BCUT2D eigenvalue weighted by molar-refractivity contribution is 0.260. The second-order valence-corrected chi connectivity index (χ2v) is 5.00. The lowest BCUT2D eigenvalue weighted by atomic mass is 9.92. The summed E-state index contributed by atoms with van der Waals surface area (Å²) in [5, 5.41) is 7.44. The van der Waals surface area contributed by atoms with Gasteiger partial charge in [-0.05, 0) is 57.0 Å². The molecule has 13 heavy (non-hydrogen) atoms. The van der Waals surface area contributed by atoms with Crippen molar-refractivity contribution in [3.05, 3.63) is 0 Å². The zero-order valence-electron chi connectivity index (χ0n) is 8.26. The second kappa shape index (κ2) is 3.25. The monoisotopic (exact) mass is 180 g/mol. The summed E-state index contributed by atoms with van der Waals surface area (Å²) >= 11 is 0. The van der Waals surface area contributed by atoms with Crippen molar-refractivity contribution in [2.24, 2.45) is 11.8 Å². The Morgan fingerprint density at radius 2 is 1.31 bits per heavy atom. The number of piperidine rings is 2. The van der Waals surface area contributed by atoms with E-state index in [0.29, 0.717) is 0 Å². The fourth-order valence-electron chi connectivity index (χ4n) is 3.72. The van der Waals surface area contributed by atoms with Gasteiger partial charge < -0.3 is 10.6 Å². The molecule has 3 fully saturated rings. The first kappa shape index (κ1) is 8.25. The summed E-state index contributed by atoms with van der Waals surface area (Å²) in [7, 11) is 0. The highest BCUT2D eigenvalue weighted by Crippen LogP contribution is 2.40. The minimum Gasteiger partial charge on any atom is -0.312 e. The summed E-state index contributed by atoms with van der Waals surface area (Å²) in [4.78, 5) is 0. The first-order valence-electron chi connectivity index (χ1n) is 5.92. The maximum Gasteiger partial charge on any atom is 0.0252 e. The van der Waals surface area contributed by atoms with E-state index in [1.165, 1.54) is 45.2 Å². The van der Waals surface area contributed by atoms with Gasteiger partial charge in [-0.15, -0.1) is 0 Å². The number of hydrogen-bond acceptors (Lipinski definition) is 2. The van der Waals surface area contributed by atoms with Crippen LogP contribution in [-0.2, 0) is 0 Å². The third-order valence-corrected chi connectivity index (χ3v) is 4.27. The van der Waals surface area contributed by atoms with Crippen molar-refractivity contribution in [3.63, 3.8) is 0 Å². The van der Waals surface area contributed by atoms with E-state index in [9.17, 15) is 0 Å². The standard InChI is InChI=1S/C11H20N2/c1-3-8-7-9-4-2-6-13-11(9)10(8)12-5-1/h8-13H,1-7H2. The molecular formula is C11H20N2. The molecule has 0 bridgehead atoms. The number of rotatable bonds is 0. The van der Waals surface area contributed by atoms with Crippen LogP contribution in [0.15, 0.2) is 0 Å². The van der Waals surface area contributed by atoms with Crippen LogP contribution in [0.5, 0.6) is 0 Å². The summed E-state index contributed by atoms with van der Waals surface area (Å²) in [6, 6.07) is 1.64. The molecule has 2 nitrogen and oxygen atoms in total. The molecule has 4 atom stereocenters. The fraction of sp³-hybridized carbons (Fsp3) is 1.00. The van der Waals surface area contributed by atoms with Gasteiger partial charge in [0.05, 0.1) is 0 Å². The summed E-state index contributed by atoms with van der Waals surface area (Å²) in [5.74, 6) is 1.99. The Balaban J connectivity index is 1.76. The molecule has 0 spiro atoms. The largest absolute Gasteiger partial charge is 0.312 e. The summed E-state index contributed by atoms with van der Waals surface area (Å²) in [6.45, 7) is 2.51. The van der Waals surface area contributed by atoms with Crippen LogP contribution >= 0.6 is 0 Å². The van der Waals surface area contributed by atoms with Crippen LogP contribution in [0.1, 0.15) is 32.1 Å². The molecular weight excluding hydrogens is 160 g/mol. The zero-order chi connectivity index (χ0) is 8.67. The molecule has 1 saturated carbocycles. The Morgan fingerprint density at radius 1 is 0.769 bits per heavy atom. The number of nitrogens with one attached hydrogen (secondary N) is 2. The minimum atomic E-state index is 0.819. The highest BCUT2D eigenvalue weighted by molar-refractivity contribution is 5.02. The first-order valence-corrected chi connectivity index (χ1v) is 5.92. The molecule has 1 aliphatic carbocycles. The van der Waals surface area contributed by atoms with Crippen LogP contribution in [0.2, 0.25) is 0 Å². The summed E-state index contributed by atoms with van der Waals surface area (Å²) in [6.07, 6.45) is 7.26. The van der Waals surface area contributed by atoms with E-state index in [1.807, 2.05) is 0 Å². The molecule has 0 amide bonds. The van der Waals surface area contributed by atoms with E-state index in [4.69, 9.17) is 0 Å². The Hall–Kier alpha value is -0.0800. The van der Waals surface area contributed by atoms with Crippen LogP contribution in [0.3, 0.4) is 0 Å². The smallest absolute Gasteiger partial charge is 0.0252 e. The third kappa shape index (κ3) is 1.31. The van der Waals surface area contributed by atoms with Gasteiger partial charge in [-0.2, -0.15) is 0 Å². The van der Waals surface area contributed by atoms with E-state index in [1.54, 1.807) is 0 Å². The Labute approximate surface area is 80.5 Å². The molecule has 0 radical (unpaired) electrons. The fourth-order valence-corrected chi connectivity index (χ4v) is 3.72. The first-order chi connectivity index (χ1) is 6.45. The van der Waals surface area contributed by atoms with Crippen LogP contribution < -0.4 is 10.6 Å². The summed E-state index contributed by atoms with van der Waals surface area (Å²) < 4.78 is 0. The van der Waals surface area contributed by atoms with Crippen molar-refractivity contribution < 1.29 is 0 Å². The molecule has 3 aliphatic rings. The van der Waals surface area contributed by atoms with Gasteiger partial charge in [0.2, 0.25) is 0 Å². The van der Waals surface area contributed by atoms with Crippen LogP contribution in [0, 0.1) is 11.8 Å². The van der Waals surface area contributed by atoms with Gasteiger partial charge in [-0.25, -0.2) is 0 Å². The maximum atomic E-state index is 3.72. The van der Waals surface area contributed by atoms with Gasteiger partial charge >= 0.3 is 0 Å². The molecule has 2 N–H and O–H groups in total. The average Bonchev–Trinajstić information content (AvgIpc) is 2.56. The predicted octanol–water partition coefficient (Wildman–Crippen LogP) is 1.13. The molecule has 0 aromatic rings. The van der Waals surface area contributed by atoms with Crippen molar-refractivity contribution in [2.75, 3.05) is 13.1 Å². The lowest BCUT2D eigenvalue weighted by Gasteiger charge is -2.34. The van der Waals surface area contributed by atoms with Gasteiger partial charge in [-0.1, -0.05) is 0 Å². The van der Waals surface area contributed by atoms with E-state index in [-0.39, 0.29) is 0 Å². The van der Waals surface area contributed by atoms with Gasteiger partial charge in [0.15, 0.2) is 0 Å². The quantitative estimate of drug-likeness (QED) is 0.584. The van der Waals surface area contributed by atoms with Gasteiger partial charge in [0.1, 0.15) is 0 Å². The van der Waals surface area contributed by atoms with E-state index in [2.05, 4.69) is 10.6 Å². The lowest BCUT2D eigenvalue weighted by Crippen LogP contribution is -2.53. The third-order valence-electron chi connectivity index (χ3n) is 4.27. The normalized spacial score (nSPS) is 49.8. The summed E-state index contributed by atoms with van der Waals surface area (Å²) in [5.41, 5.74) is 0. The van der Waals surface area contributed by atoms with Gasteiger partial charge in [0.25, 0.3) is 0 Å². The molecule has 2 heterocycles. The van der Waals surface area contributed by atoms with Crippen LogP contribution in [0.25, 0.3) is 0 Å². The molecule has 2 heteroatoms. The second-order valence-electron chi connectivity index (χ2n) is 5.00. The van der Waals surface area contributed by atoms with Crippen molar-refractivity contribution in [3.8, 4) is 0 Å². The van der Waals surface area contributed by atoms with Crippen LogP contribution in [-0.4, -0.2) is 25.2 Å². The topological polar surface area (TPSA) is 24.1 Å². The Kier molecular flexibility index (Phi) is 2.06. The van der Waals surface area contributed by atoms with E-state index < -0.39 is 0 Å². The van der Waals surface area contributed by atoms with Crippen molar-refractivity contribution in [1.82, 2.24) is 10.6 Å². The maximum absolute atomic E-state index is 3.72. The van der Waals surface area contributed by atoms with Gasteiger partial charge in [-0.3, -0.25) is 0 Å². The minimum absolute atomic E-state index is 0.819. The number of hydrogen-bond donors (Lipinski definition) is 2. The predicted molar refractivity (Wildman–Crippen MR) is 53.6 cm³/mol. The average molecular weight is 180 g/mol. The Bertz CT molecular complexity index is 173. The van der Waals surface area contributed by atoms with E-state index in [0.717, 1.165) is 23.9 Å².